The second-order valence-corrected chi connectivity index (χ2v) is 7.03. The number of halogens is 1. The Kier molecular flexibility index (Phi) is 3.75. The summed E-state index contributed by atoms with van der Waals surface area (Å²) >= 11 is 8.07. The van der Waals surface area contributed by atoms with Crippen molar-refractivity contribution in [3.8, 4) is 0 Å². The number of rotatable bonds is 2. The fourth-order valence-electron chi connectivity index (χ4n) is 2.89. The lowest BCUT2D eigenvalue weighted by Gasteiger charge is -2.16. The van der Waals surface area contributed by atoms with Crippen molar-refractivity contribution in [2.75, 3.05) is 11.9 Å². The molecule has 0 spiro atoms. The number of nitrogens with zero attached hydrogens (tertiary/aromatic N) is 1. The molecule has 1 aromatic heterocycles. The molecule has 4 rings (SSSR count). The zero-order valence-corrected chi connectivity index (χ0v) is 14.6. The average Bonchev–Trinajstić information content (AvgIpc) is 2.98. The van der Waals surface area contributed by atoms with Crippen LogP contribution in [0.25, 0.3) is 20.9 Å². The van der Waals surface area contributed by atoms with E-state index in [9.17, 15) is 4.79 Å². The van der Waals surface area contributed by atoms with Crippen LogP contribution in [0.1, 0.15) is 9.67 Å². The van der Waals surface area contributed by atoms with Gasteiger partial charge in [-0.25, -0.2) is 0 Å². The van der Waals surface area contributed by atoms with E-state index in [0.717, 1.165) is 26.5 Å². The molecule has 4 heteroatoms. The fraction of sp³-hybridized carbons (Fsp3) is 0.0500. The number of hydrogen-bond donors (Lipinski definition) is 0. The molecule has 3 aromatic carbocycles. The van der Waals surface area contributed by atoms with E-state index in [0.29, 0.717) is 9.90 Å². The van der Waals surface area contributed by atoms with Crippen molar-refractivity contribution in [1.82, 2.24) is 0 Å². The molecule has 24 heavy (non-hydrogen) atoms. The van der Waals surface area contributed by atoms with Crippen molar-refractivity contribution >= 4 is 55.4 Å². The number of amides is 1. The Morgan fingerprint density at radius 2 is 1.67 bits per heavy atom. The number of benzene rings is 3. The molecule has 0 aliphatic rings. The summed E-state index contributed by atoms with van der Waals surface area (Å²) in [6, 6.07) is 21.8. The third-order valence-electron chi connectivity index (χ3n) is 4.16. The van der Waals surface area contributed by atoms with Gasteiger partial charge < -0.3 is 4.90 Å². The van der Waals surface area contributed by atoms with Crippen LogP contribution in [0.2, 0.25) is 5.02 Å². The van der Waals surface area contributed by atoms with E-state index in [4.69, 9.17) is 11.6 Å². The molecule has 0 saturated heterocycles. The largest absolute Gasteiger partial charge is 0.311 e. The van der Waals surface area contributed by atoms with Gasteiger partial charge in [0.05, 0.1) is 5.02 Å². The molecule has 118 valence electrons. The Bertz CT molecular complexity index is 1060. The van der Waals surface area contributed by atoms with Gasteiger partial charge in [-0.05, 0) is 29.0 Å². The van der Waals surface area contributed by atoms with Crippen LogP contribution in [0.3, 0.4) is 0 Å². The predicted molar refractivity (Wildman–Crippen MR) is 104 cm³/mol. The first-order valence-corrected chi connectivity index (χ1v) is 8.79. The van der Waals surface area contributed by atoms with Gasteiger partial charge in [0.25, 0.3) is 5.91 Å². The maximum Gasteiger partial charge on any atom is 0.269 e. The maximum atomic E-state index is 12.9. The molecular weight excluding hydrogens is 338 g/mol. The fourth-order valence-corrected chi connectivity index (χ4v) is 4.43. The van der Waals surface area contributed by atoms with Crippen LogP contribution < -0.4 is 4.90 Å². The van der Waals surface area contributed by atoms with Gasteiger partial charge in [0.2, 0.25) is 0 Å². The molecule has 1 amide bonds. The highest BCUT2D eigenvalue weighted by Crippen LogP contribution is 2.40. The third kappa shape index (κ3) is 2.37. The molecular formula is C20H14ClNOS. The SMILES string of the molecule is CN(C(=O)c1sc2ccc3ccccc3c2c1Cl)c1ccccc1. The molecule has 0 N–H and O–H groups in total. The van der Waals surface area contributed by atoms with Crippen LogP contribution in [-0.4, -0.2) is 13.0 Å². The summed E-state index contributed by atoms with van der Waals surface area (Å²) in [5.41, 5.74) is 0.848. The lowest BCUT2D eigenvalue weighted by molar-refractivity contribution is 0.0997. The number of carbonyl (C=O) groups excluding carboxylic acids is 1. The molecule has 0 unspecified atom stereocenters. The van der Waals surface area contributed by atoms with Gasteiger partial charge in [-0.1, -0.05) is 60.1 Å². The number of carbonyl (C=O) groups is 1. The molecule has 0 atom stereocenters. The number of hydrogen-bond acceptors (Lipinski definition) is 2. The smallest absolute Gasteiger partial charge is 0.269 e. The summed E-state index contributed by atoms with van der Waals surface area (Å²) in [5, 5.41) is 3.71. The lowest BCUT2D eigenvalue weighted by Crippen LogP contribution is -2.25. The highest BCUT2D eigenvalue weighted by atomic mass is 35.5. The quantitative estimate of drug-likeness (QED) is 0.434. The molecule has 0 bridgehead atoms. The normalized spacial score (nSPS) is 11.1. The van der Waals surface area contributed by atoms with Crippen molar-refractivity contribution in [2.45, 2.75) is 0 Å². The highest BCUT2D eigenvalue weighted by molar-refractivity contribution is 7.22. The second kappa shape index (κ2) is 5.93. The first-order chi connectivity index (χ1) is 11.7. The summed E-state index contributed by atoms with van der Waals surface area (Å²) in [7, 11) is 1.77. The lowest BCUT2D eigenvalue weighted by atomic mass is 10.1. The number of thiophene rings is 1. The van der Waals surface area contributed by atoms with Crippen LogP contribution in [0.4, 0.5) is 5.69 Å². The van der Waals surface area contributed by atoms with Crippen LogP contribution in [0.15, 0.2) is 66.7 Å². The third-order valence-corrected chi connectivity index (χ3v) is 5.80. The van der Waals surface area contributed by atoms with Gasteiger partial charge >= 0.3 is 0 Å². The summed E-state index contributed by atoms with van der Waals surface area (Å²) in [5.74, 6) is -0.0866. The topological polar surface area (TPSA) is 20.3 Å². The molecule has 1 heterocycles. The summed E-state index contributed by atoms with van der Waals surface area (Å²) in [4.78, 5) is 15.1. The highest BCUT2D eigenvalue weighted by Gasteiger charge is 2.22. The summed E-state index contributed by atoms with van der Waals surface area (Å²) in [6.45, 7) is 0. The van der Waals surface area contributed by atoms with Crippen molar-refractivity contribution in [3.05, 3.63) is 76.6 Å². The van der Waals surface area contributed by atoms with Gasteiger partial charge in [0, 0.05) is 22.8 Å². The Balaban J connectivity index is 1.87. The van der Waals surface area contributed by atoms with Gasteiger partial charge in [0.1, 0.15) is 4.88 Å². The number of fused-ring (bicyclic) bond motifs is 3. The van der Waals surface area contributed by atoms with Crippen molar-refractivity contribution < 1.29 is 4.79 Å². The summed E-state index contributed by atoms with van der Waals surface area (Å²) < 4.78 is 1.03. The Morgan fingerprint density at radius 1 is 0.958 bits per heavy atom. The number of para-hydroxylation sites is 1. The minimum absolute atomic E-state index is 0.0866. The zero-order chi connectivity index (χ0) is 16.7. The van der Waals surface area contributed by atoms with Crippen LogP contribution in [0, 0.1) is 0 Å². The van der Waals surface area contributed by atoms with Crippen molar-refractivity contribution in [2.24, 2.45) is 0 Å². The van der Waals surface area contributed by atoms with Crippen molar-refractivity contribution in [1.29, 1.82) is 0 Å². The van der Waals surface area contributed by atoms with Crippen LogP contribution >= 0.6 is 22.9 Å². The molecule has 0 aliphatic heterocycles. The van der Waals surface area contributed by atoms with E-state index < -0.39 is 0 Å². The molecule has 0 saturated carbocycles. The van der Waals surface area contributed by atoms with Gasteiger partial charge in [0.15, 0.2) is 0 Å². The zero-order valence-electron chi connectivity index (χ0n) is 13.0. The van der Waals surface area contributed by atoms with Crippen LogP contribution in [-0.2, 0) is 0 Å². The van der Waals surface area contributed by atoms with Crippen molar-refractivity contribution in [3.63, 3.8) is 0 Å². The second-order valence-electron chi connectivity index (χ2n) is 5.60. The van der Waals surface area contributed by atoms with E-state index in [1.165, 1.54) is 11.3 Å². The molecule has 4 aromatic rings. The minimum Gasteiger partial charge on any atom is -0.311 e. The Morgan fingerprint density at radius 3 is 2.46 bits per heavy atom. The molecule has 2 nitrogen and oxygen atoms in total. The summed E-state index contributed by atoms with van der Waals surface area (Å²) in [6.07, 6.45) is 0. The Labute approximate surface area is 148 Å². The monoisotopic (exact) mass is 351 g/mol. The van der Waals surface area contributed by atoms with E-state index in [1.807, 2.05) is 54.6 Å². The Hall–Kier alpha value is -2.36. The average molecular weight is 352 g/mol. The molecule has 0 aliphatic carbocycles. The van der Waals surface area contributed by atoms with Gasteiger partial charge in [-0.2, -0.15) is 0 Å². The van der Waals surface area contributed by atoms with Gasteiger partial charge in [-0.3, -0.25) is 4.79 Å². The predicted octanol–water partition coefficient (Wildman–Crippen LogP) is 5.98. The van der Waals surface area contributed by atoms with Crippen LogP contribution in [0.5, 0.6) is 0 Å². The molecule has 0 fully saturated rings. The first-order valence-electron chi connectivity index (χ1n) is 7.59. The van der Waals surface area contributed by atoms with E-state index in [2.05, 4.69) is 12.1 Å². The van der Waals surface area contributed by atoms with E-state index in [-0.39, 0.29) is 5.91 Å². The van der Waals surface area contributed by atoms with Gasteiger partial charge in [-0.15, -0.1) is 11.3 Å². The standard InChI is InChI=1S/C20H14ClNOS/c1-22(14-8-3-2-4-9-14)20(23)19-18(21)17-15-10-6-5-7-13(15)11-12-16(17)24-19/h2-12H,1H3. The van der Waals surface area contributed by atoms with E-state index in [1.54, 1.807) is 11.9 Å². The minimum atomic E-state index is -0.0866. The first kappa shape index (κ1) is 15.2. The van der Waals surface area contributed by atoms with E-state index >= 15 is 0 Å². The maximum absolute atomic E-state index is 12.9. The number of anilines is 1. The molecule has 0 radical (unpaired) electrons.